The molecule has 0 fully saturated rings. The van der Waals surface area contributed by atoms with Crippen molar-refractivity contribution in [3.05, 3.63) is 97.7 Å². The number of rotatable bonds is 6. The number of allylic oxidation sites excluding steroid dienone is 1. The predicted octanol–water partition coefficient (Wildman–Crippen LogP) is 2.04. The summed E-state index contributed by atoms with van der Waals surface area (Å²) in [6.45, 7) is 0.301. The van der Waals surface area contributed by atoms with Crippen LogP contribution < -0.4 is 21.7 Å². The average Bonchev–Trinajstić information content (AvgIpc) is 2.79. The first-order valence-corrected chi connectivity index (χ1v) is 9.33. The van der Waals surface area contributed by atoms with Crippen molar-refractivity contribution in [3.8, 4) is 11.8 Å². The Morgan fingerprint density at radius 2 is 1.71 bits per heavy atom. The molecular weight excluding hydrogens is 396 g/mol. The summed E-state index contributed by atoms with van der Waals surface area (Å²) in [5, 5.41) is 9.59. The Morgan fingerprint density at radius 3 is 2.39 bits per heavy atom. The van der Waals surface area contributed by atoms with Crippen molar-refractivity contribution < 1.29 is 9.53 Å². The van der Waals surface area contributed by atoms with E-state index in [-0.39, 0.29) is 11.4 Å². The van der Waals surface area contributed by atoms with Crippen LogP contribution in [0.15, 0.2) is 69.8 Å². The quantitative estimate of drug-likeness (QED) is 0.373. The van der Waals surface area contributed by atoms with Gasteiger partial charge in [-0.15, -0.1) is 0 Å². The number of ketones is 1. The lowest BCUT2D eigenvalue weighted by molar-refractivity contribution is 0.103. The minimum Gasteiger partial charge on any atom is -0.488 e. The Labute approximate surface area is 178 Å². The van der Waals surface area contributed by atoms with E-state index in [0.29, 0.717) is 17.9 Å². The van der Waals surface area contributed by atoms with Crippen LogP contribution in [0.25, 0.3) is 6.08 Å². The van der Waals surface area contributed by atoms with Gasteiger partial charge in [-0.3, -0.25) is 18.7 Å². The van der Waals surface area contributed by atoms with Crippen molar-refractivity contribution in [2.75, 3.05) is 5.73 Å². The van der Waals surface area contributed by atoms with Crippen molar-refractivity contribution in [2.24, 2.45) is 14.1 Å². The highest BCUT2D eigenvalue weighted by Crippen LogP contribution is 2.23. The van der Waals surface area contributed by atoms with E-state index in [4.69, 9.17) is 10.5 Å². The molecule has 0 aliphatic rings. The molecule has 2 aromatic carbocycles. The van der Waals surface area contributed by atoms with Crippen LogP contribution in [0.5, 0.6) is 5.75 Å². The van der Waals surface area contributed by atoms with E-state index in [1.165, 1.54) is 20.2 Å². The van der Waals surface area contributed by atoms with Crippen molar-refractivity contribution in [1.29, 1.82) is 5.26 Å². The molecule has 156 valence electrons. The molecule has 0 amide bonds. The second-order valence-corrected chi connectivity index (χ2v) is 6.78. The first kappa shape index (κ1) is 21.3. The lowest BCUT2D eigenvalue weighted by Gasteiger charge is -2.11. The normalized spacial score (nSPS) is 11.1. The number of nitrogen functional groups attached to an aromatic ring is 1. The Kier molecular flexibility index (Phi) is 6.17. The van der Waals surface area contributed by atoms with Crippen LogP contribution in [0.4, 0.5) is 5.82 Å². The van der Waals surface area contributed by atoms with Gasteiger partial charge in [-0.05, 0) is 17.7 Å². The molecule has 3 rings (SSSR count). The van der Waals surface area contributed by atoms with Crippen LogP contribution in [0.1, 0.15) is 21.5 Å². The molecule has 1 aromatic heterocycles. The zero-order valence-corrected chi connectivity index (χ0v) is 17.0. The summed E-state index contributed by atoms with van der Waals surface area (Å²) in [6.07, 6.45) is 1.34. The Hall–Kier alpha value is -4.38. The van der Waals surface area contributed by atoms with E-state index in [1.807, 2.05) is 36.4 Å². The fourth-order valence-electron chi connectivity index (χ4n) is 2.98. The number of anilines is 1. The number of benzene rings is 2. The number of hydrogen-bond donors (Lipinski definition) is 1. The lowest BCUT2D eigenvalue weighted by Crippen LogP contribution is -2.41. The van der Waals surface area contributed by atoms with E-state index in [2.05, 4.69) is 0 Å². The van der Waals surface area contributed by atoms with Crippen molar-refractivity contribution in [1.82, 2.24) is 9.13 Å². The molecule has 3 aromatic rings. The monoisotopic (exact) mass is 416 g/mol. The van der Waals surface area contributed by atoms with Crippen molar-refractivity contribution in [3.63, 3.8) is 0 Å². The lowest BCUT2D eigenvalue weighted by atomic mass is 10.0. The fourth-order valence-corrected chi connectivity index (χ4v) is 2.98. The van der Waals surface area contributed by atoms with Gasteiger partial charge in [0.15, 0.2) is 0 Å². The molecule has 0 aliphatic carbocycles. The summed E-state index contributed by atoms with van der Waals surface area (Å²) >= 11 is 0. The van der Waals surface area contributed by atoms with Gasteiger partial charge >= 0.3 is 5.69 Å². The number of nitriles is 1. The third-order valence-electron chi connectivity index (χ3n) is 4.76. The molecule has 0 aliphatic heterocycles. The van der Waals surface area contributed by atoms with Gasteiger partial charge in [-0.1, -0.05) is 48.5 Å². The van der Waals surface area contributed by atoms with Gasteiger partial charge < -0.3 is 10.5 Å². The number of nitrogens with zero attached hydrogens (tertiary/aromatic N) is 3. The van der Waals surface area contributed by atoms with Gasteiger partial charge in [-0.2, -0.15) is 5.26 Å². The molecule has 8 nitrogen and oxygen atoms in total. The first-order chi connectivity index (χ1) is 14.8. The molecule has 0 bridgehead atoms. The summed E-state index contributed by atoms with van der Waals surface area (Å²) < 4.78 is 7.61. The van der Waals surface area contributed by atoms with E-state index in [9.17, 15) is 19.6 Å². The van der Waals surface area contributed by atoms with Crippen molar-refractivity contribution >= 4 is 17.7 Å². The average molecular weight is 416 g/mol. The van der Waals surface area contributed by atoms with Gasteiger partial charge in [0, 0.05) is 19.7 Å². The van der Waals surface area contributed by atoms with Gasteiger partial charge in [-0.25, -0.2) is 4.79 Å². The topological polar surface area (TPSA) is 120 Å². The number of Topliss-reactive ketones (excluding diaryl/α,β-unsaturated/α-hetero) is 1. The van der Waals surface area contributed by atoms with Gasteiger partial charge in [0.1, 0.15) is 35.4 Å². The highest BCUT2D eigenvalue weighted by molar-refractivity contribution is 6.16. The molecular formula is C23H20N4O4. The Bertz CT molecular complexity index is 1330. The number of nitrogens with two attached hydrogens (primary N) is 1. The Balaban J connectivity index is 2.00. The van der Waals surface area contributed by atoms with E-state index >= 15 is 0 Å². The standard InChI is InChI=1S/C23H20N4O4/c1-26-21(25)19(22(29)27(2)23(26)30)20(28)17(13-24)12-16-10-6-7-11-18(16)31-14-15-8-4-3-5-9-15/h3-12H,14,25H2,1-2H3/b17-12+. The first-order valence-electron chi connectivity index (χ1n) is 9.33. The Morgan fingerprint density at radius 1 is 1.06 bits per heavy atom. The maximum absolute atomic E-state index is 13.0. The van der Waals surface area contributed by atoms with Crippen LogP contribution >= 0.6 is 0 Å². The summed E-state index contributed by atoms with van der Waals surface area (Å²) in [5.41, 5.74) is 5.03. The van der Waals surface area contributed by atoms with Crippen LogP contribution in [0, 0.1) is 11.3 Å². The number of para-hydroxylation sites is 1. The second kappa shape index (κ2) is 8.97. The van der Waals surface area contributed by atoms with Crippen LogP contribution in [-0.4, -0.2) is 14.9 Å². The third-order valence-corrected chi connectivity index (χ3v) is 4.76. The summed E-state index contributed by atoms with van der Waals surface area (Å²) in [6, 6.07) is 18.3. The maximum atomic E-state index is 13.0. The highest BCUT2D eigenvalue weighted by Gasteiger charge is 2.23. The number of hydrogen-bond acceptors (Lipinski definition) is 6. The number of carbonyl (C=O) groups excluding carboxylic acids is 1. The third kappa shape index (κ3) is 4.31. The molecule has 31 heavy (non-hydrogen) atoms. The summed E-state index contributed by atoms with van der Waals surface area (Å²) in [5.74, 6) is -0.699. The molecule has 0 unspecified atom stereocenters. The molecule has 0 spiro atoms. The van der Waals surface area contributed by atoms with E-state index in [1.54, 1.807) is 24.3 Å². The number of carbonyl (C=O) groups is 1. The molecule has 0 saturated carbocycles. The van der Waals surface area contributed by atoms with Crippen LogP contribution in [-0.2, 0) is 20.7 Å². The SMILES string of the molecule is Cn1c(N)c(C(=O)/C(C#N)=C/c2ccccc2OCc2ccccc2)c(=O)n(C)c1=O. The smallest absolute Gasteiger partial charge is 0.332 e. The number of aromatic nitrogens is 2. The highest BCUT2D eigenvalue weighted by atomic mass is 16.5. The van der Waals surface area contributed by atoms with Gasteiger partial charge in [0.25, 0.3) is 5.56 Å². The molecule has 0 radical (unpaired) electrons. The molecule has 1 heterocycles. The van der Waals surface area contributed by atoms with Crippen molar-refractivity contribution in [2.45, 2.75) is 6.61 Å². The largest absolute Gasteiger partial charge is 0.488 e. The summed E-state index contributed by atoms with van der Waals surface area (Å²) in [7, 11) is 2.58. The van der Waals surface area contributed by atoms with Crippen LogP contribution in [0.3, 0.4) is 0 Å². The van der Waals surface area contributed by atoms with Gasteiger partial charge in [0.05, 0.1) is 0 Å². The molecule has 0 atom stereocenters. The van der Waals surface area contributed by atoms with Crippen LogP contribution in [0.2, 0.25) is 0 Å². The molecule has 2 N–H and O–H groups in total. The van der Waals surface area contributed by atoms with E-state index in [0.717, 1.165) is 14.7 Å². The fraction of sp³-hybridized carbons (Fsp3) is 0.130. The second-order valence-electron chi connectivity index (χ2n) is 6.78. The minimum absolute atomic E-state index is 0.298. The zero-order chi connectivity index (χ0) is 22.5. The van der Waals surface area contributed by atoms with E-state index < -0.39 is 22.6 Å². The predicted molar refractivity (Wildman–Crippen MR) is 116 cm³/mol. The maximum Gasteiger partial charge on any atom is 0.332 e. The minimum atomic E-state index is -0.867. The molecule has 8 heteroatoms. The van der Waals surface area contributed by atoms with Gasteiger partial charge in [0.2, 0.25) is 5.78 Å². The summed E-state index contributed by atoms with van der Waals surface area (Å²) in [4.78, 5) is 37.5. The molecule has 0 saturated heterocycles. The zero-order valence-electron chi connectivity index (χ0n) is 17.0. The number of ether oxygens (including phenoxy) is 1.